The van der Waals surface area contributed by atoms with E-state index in [1.807, 2.05) is 24.3 Å². The van der Waals surface area contributed by atoms with Gasteiger partial charge in [-0.2, -0.15) is 0 Å². The molecular formula is C31H34FNO4. The zero-order chi connectivity index (χ0) is 26.2. The molecule has 194 valence electrons. The topological polar surface area (TPSA) is 68.7 Å². The molecule has 0 saturated heterocycles. The van der Waals surface area contributed by atoms with Crippen molar-refractivity contribution in [3.8, 4) is 22.8 Å². The highest BCUT2D eigenvalue weighted by atomic mass is 19.1. The van der Waals surface area contributed by atoms with Crippen LogP contribution in [0.15, 0.2) is 48.7 Å². The zero-order valence-electron chi connectivity index (χ0n) is 21.7. The number of carboxylic acids is 1. The number of methoxy groups -OCH3 is 1. The Hall–Kier alpha value is -3.41. The number of rotatable bonds is 8. The number of aryl methyl sites for hydroxylation is 1. The first-order valence-electron chi connectivity index (χ1n) is 13.1. The van der Waals surface area contributed by atoms with Crippen LogP contribution in [0.2, 0.25) is 0 Å². The van der Waals surface area contributed by atoms with Gasteiger partial charge in [0.15, 0.2) is 0 Å². The standard InChI is InChI=1S/C31H34FNO4/c1-31(2)12-4-5-27(31)25-13-19(6-11-23(25)26-16-29(36-3)33-17-28(26)32)18-37-22-10-9-20-7-8-21(14-30(34)35)24(20)15-22/h6,9-11,13,15-17,21,27H,4-5,7-8,12,14,18H2,1-3H3,(H,34,35)/t21-,27+/m1/s1. The summed E-state index contributed by atoms with van der Waals surface area (Å²) in [7, 11) is 1.54. The molecule has 2 aliphatic rings. The largest absolute Gasteiger partial charge is 0.489 e. The number of halogens is 1. The summed E-state index contributed by atoms with van der Waals surface area (Å²) in [5.74, 6) is 0.341. The van der Waals surface area contributed by atoms with E-state index in [4.69, 9.17) is 9.47 Å². The van der Waals surface area contributed by atoms with Crippen molar-refractivity contribution in [1.29, 1.82) is 0 Å². The minimum atomic E-state index is -0.769. The van der Waals surface area contributed by atoms with Crippen molar-refractivity contribution in [3.05, 3.63) is 76.7 Å². The number of hydrogen-bond acceptors (Lipinski definition) is 4. The maximum atomic E-state index is 15.0. The third-order valence-corrected chi connectivity index (χ3v) is 8.22. The van der Waals surface area contributed by atoms with Gasteiger partial charge < -0.3 is 14.6 Å². The van der Waals surface area contributed by atoms with Gasteiger partial charge in [-0.25, -0.2) is 9.37 Å². The van der Waals surface area contributed by atoms with E-state index in [1.54, 1.807) is 6.07 Å². The molecule has 2 atom stereocenters. The van der Waals surface area contributed by atoms with Crippen LogP contribution in [0.5, 0.6) is 11.6 Å². The lowest BCUT2D eigenvalue weighted by Gasteiger charge is -2.30. The van der Waals surface area contributed by atoms with E-state index in [1.165, 1.54) is 18.9 Å². The van der Waals surface area contributed by atoms with Gasteiger partial charge in [-0.1, -0.05) is 44.5 Å². The average molecular weight is 504 g/mol. The molecule has 0 unspecified atom stereocenters. The van der Waals surface area contributed by atoms with Crippen LogP contribution in [-0.4, -0.2) is 23.2 Å². The Labute approximate surface area is 217 Å². The van der Waals surface area contributed by atoms with Crippen LogP contribution in [0, 0.1) is 11.2 Å². The molecule has 5 rings (SSSR count). The third-order valence-electron chi connectivity index (χ3n) is 8.22. The minimum absolute atomic E-state index is 0.0405. The highest BCUT2D eigenvalue weighted by Crippen LogP contribution is 2.51. The highest BCUT2D eigenvalue weighted by Gasteiger charge is 2.37. The van der Waals surface area contributed by atoms with E-state index in [9.17, 15) is 14.3 Å². The maximum Gasteiger partial charge on any atom is 0.303 e. The summed E-state index contributed by atoms with van der Waals surface area (Å²) in [6.07, 6.45) is 6.48. The number of aromatic nitrogens is 1. The molecule has 6 heteroatoms. The summed E-state index contributed by atoms with van der Waals surface area (Å²) in [5.41, 5.74) is 5.93. The van der Waals surface area contributed by atoms with Gasteiger partial charge in [0.1, 0.15) is 18.2 Å². The Morgan fingerprint density at radius 2 is 1.95 bits per heavy atom. The first-order chi connectivity index (χ1) is 17.7. The van der Waals surface area contributed by atoms with Gasteiger partial charge in [-0.3, -0.25) is 4.79 Å². The molecular weight excluding hydrogens is 469 g/mol. The van der Waals surface area contributed by atoms with Crippen LogP contribution < -0.4 is 9.47 Å². The van der Waals surface area contributed by atoms with Gasteiger partial charge >= 0.3 is 5.97 Å². The molecule has 0 amide bonds. The van der Waals surface area contributed by atoms with Crippen molar-refractivity contribution in [3.63, 3.8) is 0 Å². The van der Waals surface area contributed by atoms with Gasteiger partial charge in [-0.05, 0) is 82.9 Å². The molecule has 37 heavy (non-hydrogen) atoms. The van der Waals surface area contributed by atoms with E-state index in [0.29, 0.717) is 24.0 Å². The van der Waals surface area contributed by atoms with Crippen LogP contribution in [0.1, 0.15) is 80.0 Å². The van der Waals surface area contributed by atoms with Crippen LogP contribution >= 0.6 is 0 Å². The number of nitrogens with zero attached hydrogens (tertiary/aromatic N) is 1. The Morgan fingerprint density at radius 3 is 2.68 bits per heavy atom. The van der Waals surface area contributed by atoms with Crippen molar-refractivity contribution >= 4 is 5.97 Å². The third kappa shape index (κ3) is 5.20. The Balaban J connectivity index is 1.44. The molecule has 1 aromatic heterocycles. The quantitative estimate of drug-likeness (QED) is 0.350. The molecule has 0 radical (unpaired) electrons. The molecule has 0 aliphatic heterocycles. The molecule has 2 aromatic carbocycles. The Morgan fingerprint density at radius 1 is 1.11 bits per heavy atom. The monoisotopic (exact) mass is 503 g/mol. The van der Waals surface area contributed by atoms with E-state index < -0.39 is 5.97 Å². The highest BCUT2D eigenvalue weighted by molar-refractivity contribution is 5.70. The predicted molar refractivity (Wildman–Crippen MR) is 141 cm³/mol. The summed E-state index contributed by atoms with van der Waals surface area (Å²) in [4.78, 5) is 15.3. The summed E-state index contributed by atoms with van der Waals surface area (Å²) >= 11 is 0. The van der Waals surface area contributed by atoms with Crippen LogP contribution in [0.3, 0.4) is 0 Å². The van der Waals surface area contributed by atoms with Gasteiger partial charge in [0.05, 0.1) is 19.7 Å². The van der Waals surface area contributed by atoms with E-state index in [-0.39, 0.29) is 23.6 Å². The average Bonchev–Trinajstić information content (AvgIpc) is 3.44. The van der Waals surface area contributed by atoms with Crippen molar-refractivity contribution in [2.45, 2.75) is 70.8 Å². The summed E-state index contributed by atoms with van der Waals surface area (Å²) in [6.45, 7) is 4.96. The van der Waals surface area contributed by atoms with Gasteiger partial charge in [0.2, 0.25) is 5.88 Å². The SMILES string of the molecule is COc1cc(-c2ccc(COc3ccc4c(c3)[C@@H](CC(=O)O)CC4)cc2[C@@H]2CCCC2(C)C)c(F)cn1. The second-order valence-electron chi connectivity index (χ2n) is 11.0. The lowest BCUT2D eigenvalue weighted by molar-refractivity contribution is -0.137. The minimum Gasteiger partial charge on any atom is -0.489 e. The molecule has 3 aromatic rings. The number of carboxylic acid groups (broad SMARTS) is 1. The van der Waals surface area contributed by atoms with Crippen LogP contribution in [-0.2, 0) is 17.8 Å². The molecule has 1 N–H and O–H groups in total. The van der Waals surface area contributed by atoms with Crippen LogP contribution in [0.4, 0.5) is 4.39 Å². The van der Waals surface area contributed by atoms with E-state index in [2.05, 4.69) is 31.0 Å². The molecule has 2 aliphatic carbocycles. The fraction of sp³-hybridized carbons (Fsp3) is 0.419. The van der Waals surface area contributed by atoms with E-state index >= 15 is 0 Å². The molecule has 1 heterocycles. The first-order valence-corrected chi connectivity index (χ1v) is 13.1. The van der Waals surface area contributed by atoms with Crippen molar-refractivity contribution in [1.82, 2.24) is 4.98 Å². The van der Waals surface area contributed by atoms with E-state index in [0.717, 1.165) is 60.1 Å². The fourth-order valence-corrected chi connectivity index (χ4v) is 6.22. The van der Waals surface area contributed by atoms with Crippen molar-refractivity contribution in [2.75, 3.05) is 7.11 Å². The molecule has 1 saturated carbocycles. The molecule has 0 bridgehead atoms. The Bertz CT molecular complexity index is 1320. The fourth-order valence-electron chi connectivity index (χ4n) is 6.22. The smallest absolute Gasteiger partial charge is 0.303 e. The molecule has 1 fully saturated rings. The first kappa shape index (κ1) is 25.2. The number of ether oxygens (including phenoxy) is 2. The lowest BCUT2D eigenvalue weighted by atomic mass is 9.75. The Kier molecular flexibility index (Phi) is 6.93. The molecule has 0 spiro atoms. The van der Waals surface area contributed by atoms with Gasteiger partial charge in [-0.15, -0.1) is 0 Å². The lowest BCUT2D eigenvalue weighted by Crippen LogP contribution is -2.17. The number of pyridine rings is 1. The van der Waals surface area contributed by atoms with Gasteiger partial charge in [0, 0.05) is 11.6 Å². The van der Waals surface area contributed by atoms with Gasteiger partial charge in [0.25, 0.3) is 0 Å². The predicted octanol–water partition coefficient (Wildman–Crippen LogP) is 7.27. The number of carbonyl (C=O) groups is 1. The summed E-state index contributed by atoms with van der Waals surface area (Å²) in [5, 5.41) is 9.26. The molecule has 5 nitrogen and oxygen atoms in total. The number of benzene rings is 2. The number of aliphatic carboxylic acids is 1. The van der Waals surface area contributed by atoms with Crippen molar-refractivity contribution < 1.29 is 23.8 Å². The number of hydrogen-bond donors (Lipinski definition) is 1. The maximum absolute atomic E-state index is 15.0. The summed E-state index contributed by atoms with van der Waals surface area (Å²) in [6, 6.07) is 13.9. The summed E-state index contributed by atoms with van der Waals surface area (Å²) < 4.78 is 26.4. The zero-order valence-corrected chi connectivity index (χ0v) is 21.7. The second-order valence-corrected chi connectivity index (χ2v) is 11.0. The number of fused-ring (bicyclic) bond motifs is 1. The van der Waals surface area contributed by atoms with Crippen LogP contribution in [0.25, 0.3) is 11.1 Å². The van der Waals surface area contributed by atoms with Crippen molar-refractivity contribution in [2.24, 2.45) is 5.41 Å². The normalized spacial score (nSPS) is 20.0. The second kappa shape index (κ2) is 10.2.